The Balaban J connectivity index is 1.89. The Morgan fingerprint density at radius 2 is 2.29 bits per heavy atom. The third kappa shape index (κ3) is 1.69. The van der Waals surface area contributed by atoms with Crippen LogP contribution in [0, 0.1) is 13.8 Å². The first-order valence-electron chi connectivity index (χ1n) is 5.97. The fourth-order valence-corrected chi connectivity index (χ4v) is 2.49. The van der Waals surface area contributed by atoms with Gasteiger partial charge in [-0.3, -0.25) is 10.1 Å². The molecule has 1 unspecified atom stereocenters. The highest BCUT2D eigenvalue weighted by Gasteiger charge is 2.24. The van der Waals surface area contributed by atoms with Gasteiger partial charge in [-0.05, 0) is 38.3 Å². The Morgan fingerprint density at radius 1 is 1.41 bits per heavy atom. The van der Waals surface area contributed by atoms with E-state index in [0.717, 1.165) is 29.9 Å². The molecule has 2 heterocycles. The Labute approximate surface area is 100 Å². The second kappa shape index (κ2) is 3.87. The van der Waals surface area contributed by atoms with Gasteiger partial charge in [-0.1, -0.05) is 6.07 Å². The maximum absolute atomic E-state index is 4.49. The van der Waals surface area contributed by atoms with Crippen molar-refractivity contribution in [1.82, 2.24) is 15.2 Å². The predicted octanol–water partition coefficient (Wildman–Crippen LogP) is 2.52. The van der Waals surface area contributed by atoms with Gasteiger partial charge >= 0.3 is 0 Å². The van der Waals surface area contributed by atoms with Crippen LogP contribution in [0.2, 0.25) is 0 Å². The molecule has 4 heteroatoms. The van der Waals surface area contributed by atoms with E-state index >= 15 is 0 Å². The number of anilines is 1. The molecule has 2 aromatic rings. The molecule has 0 spiro atoms. The Kier molecular flexibility index (Phi) is 2.35. The third-order valence-electron chi connectivity index (χ3n) is 3.41. The van der Waals surface area contributed by atoms with Gasteiger partial charge in [0, 0.05) is 6.20 Å². The monoisotopic (exact) mass is 228 g/mol. The molecule has 4 nitrogen and oxygen atoms in total. The maximum atomic E-state index is 4.49. The normalized spacial score (nSPS) is 18.1. The van der Waals surface area contributed by atoms with Crippen LogP contribution in [-0.4, -0.2) is 15.2 Å². The van der Waals surface area contributed by atoms with E-state index in [4.69, 9.17) is 0 Å². The minimum atomic E-state index is 0.321. The van der Waals surface area contributed by atoms with Gasteiger partial charge in [0.05, 0.1) is 28.8 Å². The SMILES string of the molecule is Cc1n[nH]c(C)c1NC1CCc2cccnc21. The molecule has 0 aliphatic heterocycles. The van der Waals surface area contributed by atoms with Crippen molar-refractivity contribution in [3.63, 3.8) is 0 Å². The van der Waals surface area contributed by atoms with E-state index in [2.05, 4.69) is 26.6 Å². The van der Waals surface area contributed by atoms with Gasteiger partial charge < -0.3 is 5.32 Å². The summed E-state index contributed by atoms with van der Waals surface area (Å²) in [7, 11) is 0. The standard InChI is InChI=1S/C13H16N4/c1-8-12(9(2)17-16-8)15-11-6-5-10-4-3-7-14-13(10)11/h3-4,7,11,15H,5-6H2,1-2H3,(H,16,17). The Morgan fingerprint density at radius 3 is 3.06 bits per heavy atom. The summed E-state index contributed by atoms with van der Waals surface area (Å²) in [6.07, 6.45) is 4.08. The molecule has 2 N–H and O–H groups in total. The zero-order valence-corrected chi connectivity index (χ0v) is 10.1. The largest absolute Gasteiger partial charge is 0.374 e. The number of hydrogen-bond acceptors (Lipinski definition) is 3. The lowest BCUT2D eigenvalue weighted by atomic mass is 10.2. The van der Waals surface area contributed by atoms with Crippen LogP contribution in [0.4, 0.5) is 5.69 Å². The highest BCUT2D eigenvalue weighted by Crippen LogP contribution is 2.33. The Hall–Kier alpha value is -1.84. The van der Waals surface area contributed by atoms with Crippen molar-refractivity contribution in [2.24, 2.45) is 0 Å². The summed E-state index contributed by atoms with van der Waals surface area (Å²) in [6.45, 7) is 4.05. The molecule has 0 fully saturated rings. The molecule has 1 atom stereocenters. The van der Waals surface area contributed by atoms with Crippen molar-refractivity contribution >= 4 is 5.69 Å². The number of hydrogen-bond donors (Lipinski definition) is 2. The van der Waals surface area contributed by atoms with Gasteiger partial charge in [-0.15, -0.1) is 0 Å². The van der Waals surface area contributed by atoms with Crippen molar-refractivity contribution in [1.29, 1.82) is 0 Å². The minimum absolute atomic E-state index is 0.321. The van der Waals surface area contributed by atoms with Gasteiger partial charge in [0.2, 0.25) is 0 Å². The number of rotatable bonds is 2. The van der Waals surface area contributed by atoms with E-state index < -0.39 is 0 Å². The van der Waals surface area contributed by atoms with Gasteiger partial charge in [0.15, 0.2) is 0 Å². The van der Waals surface area contributed by atoms with Gasteiger partial charge in [0.25, 0.3) is 0 Å². The number of aryl methyl sites for hydroxylation is 3. The highest BCUT2D eigenvalue weighted by molar-refractivity contribution is 5.53. The van der Waals surface area contributed by atoms with Crippen LogP contribution in [0.3, 0.4) is 0 Å². The number of nitrogens with one attached hydrogen (secondary N) is 2. The zero-order valence-electron chi connectivity index (χ0n) is 10.1. The second-order valence-corrected chi connectivity index (χ2v) is 4.59. The van der Waals surface area contributed by atoms with E-state index in [9.17, 15) is 0 Å². The molecule has 1 aliphatic rings. The molecule has 3 rings (SSSR count). The van der Waals surface area contributed by atoms with Crippen LogP contribution in [0.5, 0.6) is 0 Å². The van der Waals surface area contributed by atoms with Crippen molar-refractivity contribution in [2.45, 2.75) is 32.7 Å². The lowest BCUT2D eigenvalue weighted by molar-refractivity contribution is 0.744. The molecule has 0 bridgehead atoms. The van der Waals surface area contributed by atoms with E-state index in [-0.39, 0.29) is 0 Å². The summed E-state index contributed by atoms with van der Waals surface area (Å²) < 4.78 is 0. The van der Waals surface area contributed by atoms with Crippen LogP contribution >= 0.6 is 0 Å². The summed E-state index contributed by atoms with van der Waals surface area (Å²) in [6, 6.07) is 4.50. The molecule has 0 saturated heterocycles. The van der Waals surface area contributed by atoms with Crippen LogP contribution in [0.15, 0.2) is 18.3 Å². The van der Waals surface area contributed by atoms with Crippen LogP contribution in [0.1, 0.15) is 35.1 Å². The van der Waals surface area contributed by atoms with Gasteiger partial charge in [-0.2, -0.15) is 5.10 Å². The third-order valence-corrected chi connectivity index (χ3v) is 3.41. The summed E-state index contributed by atoms with van der Waals surface area (Å²) in [5.41, 5.74) is 5.78. The van der Waals surface area contributed by atoms with Gasteiger partial charge in [-0.25, -0.2) is 0 Å². The average Bonchev–Trinajstić information content (AvgIpc) is 2.88. The molecule has 1 aliphatic carbocycles. The fourth-order valence-electron chi connectivity index (χ4n) is 2.49. The molecule has 17 heavy (non-hydrogen) atoms. The highest BCUT2D eigenvalue weighted by atomic mass is 15.2. The molecule has 88 valence electrons. The number of aromatic nitrogens is 3. The molecular formula is C13H16N4. The van der Waals surface area contributed by atoms with Crippen molar-refractivity contribution in [2.75, 3.05) is 5.32 Å². The van der Waals surface area contributed by atoms with Crippen LogP contribution < -0.4 is 5.32 Å². The number of H-pyrrole nitrogens is 1. The summed E-state index contributed by atoms with van der Waals surface area (Å²) >= 11 is 0. The number of fused-ring (bicyclic) bond motifs is 1. The molecular weight excluding hydrogens is 212 g/mol. The molecule has 0 saturated carbocycles. The van der Waals surface area contributed by atoms with Crippen LogP contribution in [-0.2, 0) is 6.42 Å². The van der Waals surface area contributed by atoms with Crippen molar-refractivity contribution in [3.8, 4) is 0 Å². The van der Waals surface area contributed by atoms with Crippen molar-refractivity contribution < 1.29 is 0 Å². The maximum Gasteiger partial charge on any atom is 0.0825 e. The number of nitrogens with zero attached hydrogens (tertiary/aromatic N) is 2. The first kappa shape index (κ1) is 10.3. The first-order valence-corrected chi connectivity index (χ1v) is 5.97. The summed E-state index contributed by atoms with van der Waals surface area (Å²) in [5, 5.41) is 10.8. The average molecular weight is 228 g/mol. The molecule has 2 aromatic heterocycles. The smallest absolute Gasteiger partial charge is 0.0825 e. The van der Waals surface area contributed by atoms with Crippen LogP contribution in [0.25, 0.3) is 0 Å². The van der Waals surface area contributed by atoms with E-state index in [1.807, 2.05) is 26.1 Å². The minimum Gasteiger partial charge on any atom is -0.374 e. The van der Waals surface area contributed by atoms with E-state index in [1.54, 1.807) is 0 Å². The fraction of sp³-hybridized carbons (Fsp3) is 0.385. The second-order valence-electron chi connectivity index (χ2n) is 4.59. The summed E-state index contributed by atoms with van der Waals surface area (Å²) in [5.74, 6) is 0. The number of pyridine rings is 1. The lowest BCUT2D eigenvalue weighted by Crippen LogP contribution is -2.09. The number of aromatic amines is 1. The predicted molar refractivity (Wildman–Crippen MR) is 67.0 cm³/mol. The molecule has 0 aromatic carbocycles. The first-order chi connectivity index (χ1) is 8.25. The topological polar surface area (TPSA) is 53.6 Å². The molecule has 0 radical (unpaired) electrons. The lowest BCUT2D eigenvalue weighted by Gasteiger charge is -2.14. The summed E-state index contributed by atoms with van der Waals surface area (Å²) in [4.78, 5) is 4.49. The van der Waals surface area contributed by atoms with E-state index in [0.29, 0.717) is 6.04 Å². The van der Waals surface area contributed by atoms with E-state index in [1.165, 1.54) is 11.3 Å². The quantitative estimate of drug-likeness (QED) is 0.830. The zero-order chi connectivity index (χ0) is 11.8. The van der Waals surface area contributed by atoms with Crippen molar-refractivity contribution in [3.05, 3.63) is 41.0 Å². The van der Waals surface area contributed by atoms with Gasteiger partial charge in [0.1, 0.15) is 0 Å². The molecule has 0 amide bonds. The Bertz CT molecular complexity index is 525.